The van der Waals surface area contributed by atoms with E-state index in [0.717, 1.165) is 5.92 Å². The molecule has 0 spiro atoms. The Bertz CT molecular complexity index is 202. The van der Waals surface area contributed by atoms with Crippen LogP contribution in [0, 0.1) is 5.92 Å². The van der Waals surface area contributed by atoms with Gasteiger partial charge in [-0.1, -0.05) is 70.4 Å². The standard InChI is InChI=1S/C14H31N.C5H10/c1-5-7-8-9-10-11-12-14(6-2)13-15(3)4;1-4-5(2)3/h14H,5-13H2,1-4H3;4H,1-3H3. The fourth-order valence-corrected chi connectivity index (χ4v) is 2.15. The Hall–Kier alpha value is -0.300. The second kappa shape index (κ2) is 16.8. The molecule has 1 nitrogen and oxygen atoms in total. The van der Waals surface area contributed by atoms with Gasteiger partial charge in [0, 0.05) is 6.54 Å². The van der Waals surface area contributed by atoms with E-state index >= 15 is 0 Å². The van der Waals surface area contributed by atoms with Crippen molar-refractivity contribution in [3.8, 4) is 0 Å². The van der Waals surface area contributed by atoms with Crippen LogP contribution in [0.15, 0.2) is 11.6 Å². The normalized spacial score (nSPS) is 11.8. The molecular weight excluding hydrogens is 242 g/mol. The first kappa shape index (κ1) is 22.0. The molecule has 0 N–H and O–H groups in total. The Morgan fingerprint density at radius 1 is 0.950 bits per heavy atom. The predicted octanol–water partition coefficient (Wildman–Crippen LogP) is 6.30. The minimum Gasteiger partial charge on any atom is -0.309 e. The molecule has 0 fully saturated rings. The topological polar surface area (TPSA) is 3.24 Å². The fraction of sp³-hybridized carbons (Fsp3) is 0.895. The van der Waals surface area contributed by atoms with Crippen molar-refractivity contribution in [2.24, 2.45) is 5.92 Å². The SMILES string of the molecule is CC=C(C)C.CCCCCCCCC(CC)CN(C)C. The maximum absolute atomic E-state index is 2.32. The minimum atomic E-state index is 0.922. The van der Waals surface area contributed by atoms with Crippen LogP contribution in [0.25, 0.3) is 0 Å². The van der Waals surface area contributed by atoms with Gasteiger partial charge in [-0.2, -0.15) is 0 Å². The third kappa shape index (κ3) is 20.0. The lowest BCUT2D eigenvalue weighted by atomic mass is 9.97. The van der Waals surface area contributed by atoms with Gasteiger partial charge in [0.2, 0.25) is 0 Å². The summed E-state index contributed by atoms with van der Waals surface area (Å²) < 4.78 is 0. The minimum absolute atomic E-state index is 0.922. The van der Waals surface area contributed by atoms with Gasteiger partial charge >= 0.3 is 0 Å². The average Bonchev–Trinajstić information content (AvgIpc) is 2.41. The molecule has 0 radical (unpaired) electrons. The van der Waals surface area contributed by atoms with Crippen molar-refractivity contribution >= 4 is 0 Å². The molecule has 0 aliphatic carbocycles. The first-order chi connectivity index (χ1) is 9.47. The van der Waals surface area contributed by atoms with Crippen molar-refractivity contribution < 1.29 is 0 Å². The molecule has 0 bridgehead atoms. The van der Waals surface area contributed by atoms with Crippen LogP contribution in [0.4, 0.5) is 0 Å². The summed E-state index contributed by atoms with van der Waals surface area (Å²) in [6, 6.07) is 0. The summed E-state index contributed by atoms with van der Waals surface area (Å²) in [5.41, 5.74) is 1.38. The first-order valence-corrected chi connectivity index (χ1v) is 8.72. The van der Waals surface area contributed by atoms with E-state index in [1.54, 1.807) is 0 Å². The van der Waals surface area contributed by atoms with E-state index in [2.05, 4.69) is 52.8 Å². The van der Waals surface area contributed by atoms with Gasteiger partial charge in [0.1, 0.15) is 0 Å². The Morgan fingerprint density at radius 3 is 1.85 bits per heavy atom. The Kier molecular flexibility index (Phi) is 18.4. The summed E-state index contributed by atoms with van der Waals surface area (Å²) in [5, 5.41) is 0. The largest absolute Gasteiger partial charge is 0.309 e. The quantitative estimate of drug-likeness (QED) is 0.336. The van der Waals surface area contributed by atoms with Crippen LogP contribution >= 0.6 is 0 Å². The van der Waals surface area contributed by atoms with Crippen LogP contribution in [0.5, 0.6) is 0 Å². The van der Waals surface area contributed by atoms with E-state index in [1.165, 1.54) is 63.5 Å². The van der Waals surface area contributed by atoms with E-state index < -0.39 is 0 Å². The van der Waals surface area contributed by atoms with Crippen LogP contribution in [0.2, 0.25) is 0 Å². The lowest BCUT2D eigenvalue weighted by Crippen LogP contribution is -2.21. The van der Waals surface area contributed by atoms with Crippen LogP contribution < -0.4 is 0 Å². The van der Waals surface area contributed by atoms with Crippen molar-refractivity contribution in [2.45, 2.75) is 86.0 Å². The van der Waals surface area contributed by atoms with E-state index in [4.69, 9.17) is 0 Å². The van der Waals surface area contributed by atoms with Crippen molar-refractivity contribution in [1.82, 2.24) is 4.90 Å². The smallest absolute Gasteiger partial charge is 0.000346 e. The van der Waals surface area contributed by atoms with E-state index in [9.17, 15) is 0 Å². The van der Waals surface area contributed by atoms with Gasteiger partial charge in [0.25, 0.3) is 0 Å². The number of unbranched alkanes of at least 4 members (excludes halogenated alkanes) is 5. The fourth-order valence-electron chi connectivity index (χ4n) is 2.15. The number of hydrogen-bond donors (Lipinski definition) is 0. The first-order valence-electron chi connectivity index (χ1n) is 8.72. The molecule has 0 heterocycles. The zero-order valence-corrected chi connectivity index (χ0v) is 15.5. The number of allylic oxidation sites excluding steroid dienone is 2. The molecule has 0 aromatic heterocycles. The summed E-state index contributed by atoms with van der Waals surface area (Å²) in [6.07, 6.45) is 13.4. The molecule has 1 unspecified atom stereocenters. The maximum atomic E-state index is 2.32. The highest BCUT2D eigenvalue weighted by Crippen LogP contribution is 2.15. The molecule has 0 aromatic carbocycles. The van der Waals surface area contributed by atoms with Crippen LogP contribution in [0.3, 0.4) is 0 Å². The van der Waals surface area contributed by atoms with Gasteiger partial charge in [-0.15, -0.1) is 0 Å². The highest BCUT2D eigenvalue weighted by atomic mass is 15.1. The summed E-state index contributed by atoms with van der Waals surface area (Å²) in [4.78, 5) is 2.32. The van der Waals surface area contributed by atoms with Crippen molar-refractivity contribution in [1.29, 1.82) is 0 Å². The third-order valence-electron chi connectivity index (χ3n) is 3.74. The molecule has 0 aromatic rings. The predicted molar refractivity (Wildman–Crippen MR) is 95.4 cm³/mol. The highest BCUT2D eigenvalue weighted by molar-refractivity contribution is 4.88. The lowest BCUT2D eigenvalue weighted by Gasteiger charge is -2.19. The second-order valence-corrected chi connectivity index (χ2v) is 6.46. The average molecular weight is 284 g/mol. The van der Waals surface area contributed by atoms with Crippen LogP contribution in [-0.4, -0.2) is 25.5 Å². The summed E-state index contributed by atoms with van der Waals surface area (Å²) in [6.45, 7) is 12.1. The molecule has 122 valence electrons. The van der Waals surface area contributed by atoms with Gasteiger partial charge < -0.3 is 4.90 Å². The molecule has 0 amide bonds. The van der Waals surface area contributed by atoms with Gasteiger partial charge in [-0.3, -0.25) is 0 Å². The molecule has 0 rings (SSSR count). The summed E-state index contributed by atoms with van der Waals surface area (Å²) in [5.74, 6) is 0.922. The highest BCUT2D eigenvalue weighted by Gasteiger charge is 2.06. The van der Waals surface area contributed by atoms with Crippen molar-refractivity contribution in [3.05, 3.63) is 11.6 Å². The molecule has 20 heavy (non-hydrogen) atoms. The third-order valence-corrected chi connectivity index (χ3v) is 3.74. The number of hydrogen-bond acceptors (Lipinski definition) is 1. The van der Waals surface area contributed by atoms with Gasteiger partial charge in [0.15, 0.2) is 0 Å². The molecular formula is C19H41N. The number of nitrogens with zero attached hydrogens (tertiary/aromatic N) is 1. The van der Waals surface area contributed by atoms with E-state index in [-0.39, 0.29) is 0 Å². The summed E-state index contributed by atoms with van der Waals surface area (Å²) >= 11 is 0. The molecule has 1 heteroatoms. The molecule has 0 saturated heterocycles. The van der Waals surface area contributed by atoms with Crippen molar-refractivity contribution in [2.75, 3.05) is 20.6 Å². The van der Waals surface area contributed by atoms with Gasteiger partial charge in [0.05, 0.1) is 0 Å². The van der Waals surface area contributed by atoms with E-state index in [1.807, 2.05) is 6.92 Å². The lowest BCUT2D eigenvalue weighted by molar-refractivity contribution is 0.299. The maximum Gasteiger partial charge on any atom is 0.000346 e. The van der Waals surface area contributed by atoms with Gasteiger partial charge in [-0.25, -0.2) is 0 Å². The number of rotatable bonds is 10. The van der Waals surface area contributed by atoms with Crippen LogP contribution in [-0.2, 0) is 0 Å². The molecule has 0 saturated carbocycles. The molecule has 0 aliphatic heterocycles. The monoisotopic (exact) mass is 283 g/mol. The zero-order chi connectivity index (χ0) is 15.8. The molecule has 0 aliphatic rings. The second-order valence-electron chi connectivity index (χ2n) is 6.46. The Morgan fingerprint density at radius 2 is 1.45 bits per heavy atom. The van der Waals surface area contributed by atoms with Crippen LogP contribution in [0.1, 0.15) is 86.0 Å². The van der Waals surface area contributed by atoms with Crippen molar-refractivity contribution in [3.63, 3.8) is 0 Å². The summed E-state index contributed by atoms with van der Waals surface area (Å²) in [7, 11) is 4.37. The molecule has 1 atom stereocenters. The Balaban J connectivity index is 0. The van der Waals surface area contributed by atoms with E-state index in [0.29, 0.717) is 0 Å². The Labute approximate surface area is 129 Å². The zero-order valence-electron chi connectivity index (χ0n) is 15.5. The van der Waals surface area contributed by atoms with Gasteiger partial charge in [-0.05, 0) is 47.2 Å².